The van der Waals surface area contributed by atoms with E-state index in [4.69, 9.17) is 5.10 Å². The Labute approximate surface area is 188 Å². The maximum atomic E-state index is 12.0. The van der Waals surface area contributed by atoms with Gasteiger partial charge >= 0.3 is 5.97 Å². The number of nitrogens with zero attached hydrogens (tertiary/aromatic N) is 5. The minimum absolute atomic E-state index is 0.0670. The fourth-order valence-corrected chi connectivity index (χ4v) is 5.16. The third-order valence-corrected chi connectivity index (χ3v) is 7.02. The molecule has 7 heteroatoms. The van der Waals surface area contributed by atoms with Gasteiger partial charge in [-0.1, -0.05) is 24.6 Å². The number of para-hydroxylation sites is 1. The van der Waals surface area contributed by atoms with Gasteiger partial charge in [-0.15, -0.1) is 0 Å². The van der Waals surface area contributed by atoms with Gasteiger partial charge in [-0.3, -0.25) is 0 Å². The molecule has 1 N–H and O–H groups in total. The number of fused-ring (bicyclic) bond motifs is 1. The normalized spacial score (nSPS) is 19.8. The van der Waals surface area contributed by atoms with Crippen molar-refractivity contribution in [3.05, 3.63) is 47.8 Å². The summed E-state index contributed by atoms with van der Waals surface area (Å²) in [4.78, 5) is 21.2. The summed E-state index contributed by atoms with van der Waals surface area (Å²) in [5, 5.41) is 15.8. The van der Waals surface area contributed by atoms with Crippen molar-refractivity contribution in [2.45, 2.75) is 38.0 Å². The molecule has 168 valence electrons. The van der Waals surface area contributed by atoms with Crippen molar-refractivity contribution in [1.29, 1.82) is 0 Å². The zero-order valence-corrected chi connectivity index (χ0v) is 18.9. The van der Waals surface area contributed by atoms with Crippen molar-refractivity contribution in [1.82, 2.24) is 19.7 Å². The highest BCUT2D eigenvalue weighted by Crippen LogP contribution is 2.42. The predicted octanol–water partition coefficient (Wildman–Crippen LogP) is 4.16. The third-order valence-electron chi connectivity index (χ3n) is 7.02. The van der Waals surface area contributed by atoms with Gasteiger partial charge in [0.05, 0.1) is 22.5 Å². The fraction of sp³-hybridized carbons (Fsp3) is 0.480. The second kappa shape index (κ2) is 8.54. The van der Waals surface area contributed by atoms with E-state index in [2.05, 4.69) is 28.9 Å². The van der Waals surface area contributed by atoms with Crippen LogP contribution in [-0.4, -0.2) is 64.5 Å². The molecule has 1 aliphatic carbocycles. The highest BCUT2D eigenvalue weighted by atomic mass is 16.4. The second-order valence-electron chi connectivity index (χ2n) is 9.44. The van der Waals surface area contributed by atoms with Crippen LogP contribution in [0.2, 0.25) is 0 Å². The number of carboxylic acids is 1. The average Bonchev–Trinajstić information content (AvgIpc) is 3.11. The third kappa shape index (κ3) is 3.86. The van der Waals surface area contributed by atoms with Crippen molar-refractivity contribution in [3.8, 4) is 5.69 Å². The second-order valence-corrected chi connectivity index (χ2v) is 9.44. The highest BCUT2D eigenvalue weighted by molar-refractivity contribution is 5.98. The molecule has 3 heterocycles. The van der Waals surface area contributed by atoms with E-state index in [1.165, 1.54) is 19.3 Å². The molecule has 5 rings (SSSR count). The Bertz CT molecular complexity index is 1120. The monoisotopic (exact) mass is 433 g/mol. The van der Waals surface area contributed by atoms with Gasteiger partial charge in [0.25, 0.3) is 0 Å². The van der Waals surface area contributed by atoms with Crippen molar-refractivity contribution in [2.75, 3.05) is 38.6 Å². The molecule has 0 radical (unpaired) electrons. The Hall–Kier alpha value is -2.93. The van der Waals surface area contributed by atoms with Crippen LogP contribution >= 0.6 is 0 Å². The average molecular weight is 434 g/mol. The zero-order valence-electron chi connectivity index (χ0n) is 18.9. The molecular weight excluding hydrogens is 402 g/mol. The summed E-state index contributed by atoms with van der Waals surface area (Å²) < 4.78 is 1.83. The molecule has 3 aromatic rings. The lowest BCUT2D eigenvalue weighted by atomic mass is 9.82. The number of hydrogen-bond donors (Lipinski definition) is 1. The Balaban J connectivity index is 1.65. The highest BCUT2D eigenvalue weighted by Gasteiger charge is 2.30. The smallest absolute Gasteiger partial charge is 0.354 e. The first-order valence-electron chi connectivity index (χ1n) is 11.6. The molecule has 0 amide bonds. The molecule has 2 aromatic heterocycles. The first kappa shape index (κ1) is 20.9. The molecule has 1 saturated heterocycles. The van der Waals surface area contributed by atoms with Crippen molar-refractivity contribution < 1.29 is 9.90 Å². The van der Waals surface area contributed by atoms with Crippen LogP contribution in [0, 0.1) is 5.92 Å². The minimum Gasteiger partial charge on any atom is -0.477 e. The Morgan fingerprint density at radius 1 is 1.19 bits per heavy atom. The van der Waals surface area contributed by atoms with E-state index in [1.54, 1.807) is 6.07 Å². The SMILES string of the molecule is CN1CCCC(CN(C)c2cc(C(=O)O)nc3c2c(C2CCC2)nn3-c2ccccc2)C1. The van der Waals surface area contributed by atoms with E-state index in [9.17, 15) is 9.90 Å². The molecular formula is C25H31N5O2. The van der Waals surface area contributed by atoms with Gasteiger partial charge in [-0.2, -0.15) is 5.10 Å². The molecule has 7 nitrogen and oxygen atoms in total. The van der Waals surface area contributed by atoms with Gasteiger partial charge in [0.2, 0.25) is 0 Å². The first-order valence-corrected chi connectivity index (χ1v) is 11.6. The Kier molecular flexibility index (Phi) is 5.59. The summed E-state index contributed by atoms with van der Waals surface area (Å²) in [6.07, 6.45) is 5.87. The number of piperidine rings is 1. The molecule has 2 fully saturated rings. The molecule has 1 saturated carbocycles. The van der Waals surface area contributed by atoms with Crippen LogP contribution in [0.1, 0.15) is 54.2 Å². The van der Waals surface area contributed by atoms with Crippen molar-refractivity contribution in [3.63, 3.8) is 0 Å². The molecule has 2 aliphatic rings. The zero-order chi connectivity index (χ0) is 22.2. The summed E-state index contributed by atoms with van der Waals surface area (Å²) >= 11 is 0. The van der Waals surface area contributed by atoms with Gasteiger partial charge in [0.15, 0.2) is 11.3 Å². The maximum absolute atomic E-state index is 12.0. The number of aromatic nitrogens is 3. The van der Waals surface area contributed by atoms with Crippen LogP contribution < -0.4 is 4.90 Å². The van der Waals surface area contributed by atoms with Crippen LogP contribution in [0.5, 0.6) is 0 Å². The van der Waals surface area contributed by atoms with Crippen LogP contribution in [0.3, 0.4) is 0 Å². The number of rotatable bonds is 6. The number of likely N-dealkylation sites (tertiary alicyclic amines) is 1. The molecule has 1 unspecified atom stereocenters. The van der Waals surface area contributed by atoms with Crippen molar-refractivity contribution in [2.24, 2.45) is 5.92 Å². The number of aromatic carboxylic acids is 1. The number of benzene rings is 1. The number of carbonyl (C=O) groups is 1. The van der Waals surface area contributed by atoms with E-state index < -0.39 is 5.97 Å². The van der Waals surface area contributed by atoms with E-state index in [0.29, 0.717) is 17.5 Å². The predicted molar refractivity (Wildman–Crippen MR) is 126 cm³/mol. The van der Waals surface area contributed by atoms with E-state index in [1.807, 2.05) is 35.0 Å². The van der Waals surface area contributed by atoms with Crippen LogP contribution in [-0.2, 0) is 0 Å². The first-order chi connectivity index (χ1) is 15.5. The van der Waals surface area contributed by atoms with E-state index in [-0.39, 0.29) is 5.69 Å². The summed E-state index contributed by atoms with van der Waals surface area (Å²) in [6, 6.07) is 11.6. The summed E-state index contributed by atoms with van der Waals surface area (Å²) in [7, 11) is 4.26. The standard InChI is InChI=1S/C25H31N5O2/c1-28-13-7-8-17(15-28)16-29(2)21-14-20(25(31)32)26-24-22(21)23(18-9-6-10-18)27-30(24)19-11-4-3-5-12-19/h3-5,11-12,14,17-18H,6-10,13,15-16H2,1-2H3,(H,31,32). The topological polar surface area (TPSA) is 74.5 Å². The maximum Gasteiger partial charge on any atom is 0.354 e. The largest absolute Gasteiger partial charge is 0.477 e. The summed E-state index contributed by atoms with van der Waals surface area (Å²) in [5.74, 6) is -0.0376. The minimum atomic E-state index is -1.01. The number of pyridine rings is 1. The molecule has 1 atom stereocenters. The molecule has 0 spiro atoms. The van der Waals surface area contributed by atoms with Gasteiger partial charge in [-0.05, 0) is 63.4 Å². The molecule has 1 aliphatic heterocycles. The van der Waals surface area contributed by atoms with E-state index in [0.717, 1.165) is 54.9 Å². The molecule has 1 aromatic carbocycles. The van der Waals surface area contributed by atoms with E-state index >= 15 is 0 Å². The lowest BCUT2D eigenvalue weighted by molar-refractivity contribution is 0.0691. The molecule has 32 heavy (non-hydrogen) atoms. The lowest BCUT2D eigenvalue weighted by Crippen LogP contribution is -2.38. The number of hydrogen-bond acceptors (Lipinski definition) is 5. The van der Waals surface area contributed by atoms with Gasteiger partial charge in [0.1, 0.15) is 0 Å². The van der Waals surface area contributed by atoms with Crippen LogP contribution in [0.15, 0.2) is 36.4 Å². The summed E-state index contributed by atoms with van der Waals surface area (Å²) in [6.45, 7) is 3.12. The fourth-order valence-electron chi connectivity index (χ4n) is 5.16. The Morgan fingerprint density at radius 2 is 1.97 bits per heavy atom. The Morgan fingerprint density at radius 3 is 2.62 bits per heavy atom. The van der Waals surface area contributed by atoms with Gasteiger partial charge < -0.3 is 14.9 Å². The quantitative estimate of drug-likeness (QED) is 0.629. The van der Waals surface area contributed by atoms with Crippen molar-refractivity contribution >= 4 is 22.7 Å². The van der Waals surface area contributed by atoms with Crippen LogP contribution in [0.4, 0.5) is 5.69 Å². The lowest BCUT2D eigenvalue weighted by Gasteiger charge is -2.33. The molecule has 0 bridgehead atoms. The van der Waals surface area contributed by atoms with Gasteiger partial charge in [0, 0.05) is 26.1 Å². The summed E-state index contributed by atoms with van der Waals surface area (Å²) in [5.41, 5.74) is 3.60. The van der Waals surface area contributed by atoms with Gasteiger partial charge in [-0.25, -0.2) is 14.5 Å². The van der Waals surface area contributed by atoms with Crippen LogP contribution in [0.25, 0.3) is 16.7 Å². The number of anilines is 1. The number of carboxylic acid groups (broad SMARTS) is 1.